The van der Waals surface area contributed by atoms with Crippen LogP contribution in [0.3, 0.4) is 0 Å². The van der Waals surface area contributed by atoms with E-state index >= 15 is 0 Å². The lowest BCUT2D eigenvalue weighted by Crippen LogP contribution is -2.54. The molecule has 0 aliphatic heterocycles. The number of nitrogens with one attached hydrogen (secondary N) is 4. The fourth-order valence-corrected chi connectivity index (χ4v) is 3.16. The van der Waals surface area contributed by atoms with Gasteiger partial charge in [0.15, 0.2) is 5.78 Å². The van der Waals surface area contributed by atoms with Crippen molar-refractivity contribution in [1.29, 1.82) is 5.41 Å². The first-order chi connectivity index (χ1) is 16.2. The average molecular weight is 470 g/mol. The molecule has 0 unspecified atom stereocenters. The monoisotopic (exact) mass is 469 g/mol. The Morgan fingerprint density at radius 1 is 0.941 bits per heavy atom. The highest BCUT2D eigenvalue weighted by Crippen LogP contribution is 2.09. The first kappa shape index (κ1) is 26.2. The highest BCUT2D eigenvalue weighted by Gasteiger charge is 2.26. The summed E-state index contributed by atoms with van der Waals surface area (Å²) >= 11 is 0. The molecule has 10 heteroatoms. The van der Waals surface area contributed by atoms with Crippen LogP contribution in [0.4, 0.5) is 10.1 Å². The molecule has 180 valence electrons. The van der Waals surface area contributed by atoms with Crippen LogP contribution in [-0.4, -0.2) is 41.8 Å². The molecule has 0 bridgehead atoms. The van der Waals surface area contributed by atoms with E-state index in [1.807, 2.05) is 0 Å². The van der Waals surface area contributed by atoms with Gasteiger partial charge in [0.2, 0.25) is 17.7 Å². The third kappa shape index (κ3) is 8.81. The first-order valence-electron chi connectivity index (χ1n) is 10.6. The number of hydrogen-bond acceptors (Lipinski definition) is 6. The van der Waals surface area contributed by atoms with E-state index in [4.69, 9.17) is 11.1 Å². The molecule has 9 nitrogen and oxygen atoms in total. The summed E-state index contributed by atoms with van der Waals surface area (Å²) in [5, 5.41) is 14.9. The number of ketones is 1. The summed E-state index contributed by atoms with van der Waals surface area (Å²) in [6, 6.07) is 10.3. The van der Waals surface area contributed by atoms with Gasteiger partial charge in [-0.25, -0.2) is 4.39 Å². The highest BCUT2D eigenvalue weighted by atomic mass is 19.1. The molecule has 0 spiro atoms. The minimum atomic E-state index is -1.08. The van der Waals surface area contributed by atoms with Gasteiger partial charge in [0, 0.05) is 32.0 Å². The van der Waals surface area contributed by atoms with Crippen molar-refractivity contribution in [2.75, 3.05) is 5.73 Å². The molecular weight excluding hydrogens is 441 g/mol. The molecule has 0 heterocycles. The van der Waals surface area contributed by atoms with Crippen molar-refractivity contribution < 1.29 is 23.6 Å². The van der Waals surface area contributed by atoms with Crippen LogP contribution in [0.25, 0.3) is 0 Å². The van der Waals surface area contributed by atoms with Crippen LogP contribution in [0.5, 0.6) is 0 Å². The highest BCUT2D eigenvalue weighted by molar-refractivity contribution is 6.26. The van der Waals surface area contributed by atoms with Gasteiger partial charge in [0.05, 0.1) is 6.21 Å². The van der Waals surface area contributed by atoms with E-state index in [0.717, 1.165) is 5.56 Å². The minimum absolute atomic E-state index is 0.0378. The lowest BCUT2D eigenvalue weighted by Gasteiger charge is -2.23. The Kier molecular flexibility index (Phi) is 9.88. The number of carbonyl (C=O) groups excluding carboxylic acids is 4. The smallest absolute Gasteiger partial charge is 0.243 e. The Bertz CT molecular complexity index is 1020. The second-order valence-corrected chi connectivity index (χ2v) is 7.75. The summed E-state index contributed by atoms with van der Waals surface area (Å²) < 4.78 is 13.1. The Balaban J connectivity index is 2.12. The number of benzene rings is 2. The molecule has 0 radical (unpaired) electrons. The maximum Gasteiger partial charge on any atom is 0.243 e. The molecule has 3 amide bonds. The largest absolute Gasteiger partial charge is 0.399 e. The standard InChI is InChI=1S/C24H28FN5O4/c1-15(31)29-22(12-16-4-8-19(27)9-5-16)24(34)30-21(11-10-20(32)13-26)23(33)28-14-17-2-6-18(25)7-3-17/h2-9,13,21-22,26H,10-12,14,27H2,1H3,(H,28,33)(H,29,31)(H,30,34)/t21-,22-/m0/s1. The van der Waals surface area contributed by atoms with Gasteiger partial charge in [-0.2, -0.15) is 0 Å². The van der Waals surface area contributed by atoms with Gasteiger partial charge in [-0.05, 0) is 41.8 Å². The van der Waals surface area contributed by atoms with Crippen molar-refractivity contribution in [3.8, 4) is 0 Å². The predicted octanol–water partition coefficient (Wildman–Crippen LogP) is 1.26. The quantitative estimate of drug-likeness (QED) is 0.234. The third-order valence-corrected chi connectivity index (χ3v) is 4.97. The SMILES string of the molecule is CC(=O)N[C@@H](Cc1ccc(N)cc1)C(=O)N[C@@H](CCC(=O)C=N)C(=O)NCc1ccc(F)cc1. The molecule has 2 aromatic carbocycles. The molecule has 0 fully saturated rings. The van der Waals surface area contributed by atoms with E-state index in [-0.39, 0.29) is 25.8 Å². The summed E-state index contributed by atoms with van der Waals surface area (Å²) in [5.74, 6) is -2.48. The zero-order valence-electron chi connectivity index (χ0n) is 18.8. The van der Waals surface area contributed by atoms with Crippen molar-refractivity contribution in [1.82, 2.24) is 16.0 Å². The Labute approximate surface area is 196 Å². The summed E-state index contributed by atoms with van der Waals surface area (Å²) in [6.45, 7) is 1.36. The fourth-order valence-electron chi connectivity index (χ4n) is 3.16. The van der Waals surface area contributed by atoms with E-state index in [1.54, 1.807) is 24.3 Å². The zero-order valence-corrected chi connectivity index (χ0v) is 18.8. The van der Waals surface area contributed by atoms with E-state index in [1.165, 1.54) is 31.2 Å². The van der Waals surface area contributed by atoms with Crippen LogP contribution in [0.2, 0.25) is 0 Å². The molecule has 2 aromatic rings. The van der Waals surface area contributed by atoms with Crippen molar-refractivity contribution in [2.45, 2.75) is 44.8 Å². The summed E-state index contributed by atoms with van der Waals surface area (Å²) in [6.07, 6.45) is 0.649. The van der Waals surface area contributed by atoms with Gasteiger partial charge in [-0.15, -0.1) is 0 Å². The topological polar surface area (TPSA) is 154 Å². The molecule has 34 heavy (non-hydrogen) atoms. The third-order valence-electron chi connectivity index (χ3n) is 4.97. The molecule has 0 aliphatic rings. The van der Waals surface area contributed by atoms with Crippen molar-refractivity contribution >= 4 is 35.4 Å². The number of anilines is 1. The molecule has 2 atom stereocenters. The molecule has 0 aliphatic carbocycles. The van der Waals surface area contributed by atoms with Gasteiger partial charge in [-0.3, -0.25) is 19.2 Å². The Morgan fingerprint density at radius 2 is 1.56 bits per heavy atom. The van der Waals surface area contributed by atoms with Crippen LogP contribution < -0.4 is 21.7 Å². The molecule has 6 N–H and O–H groups in total. The number of amides is 3. The number of nitrogens with two attached hydrogens (primary N) is 1. The molecule has 2 rings (SSSR count). The summed E-state index contributed by atoms with van der Waals surface area (Å²) in [7, 11) is 0. The Morgan fingerprint density at radius 3 is 2.15 bits per heavy atom. The van der Waals surface area contributed by atoms with E-state index < -0.39 is 41.4 Å². The maximum atomic E-state index is 13.1. The second kappa shape index (κ2) is 12.8. The molecule has 0 aromatic heterocycles. The normalized spacial score (nSPS) is 12.2. The summed E-state index contributed by atoms with van der Waals surface area (Å²) in [4.78, 5) is 49.0. The lowest BCUT2D eigenvalue weighted by molar-refractivity contribution is -0.132. The zero-order chi connectivity index (χ0) is 25.1. The first-order valence-corrected chi connectivity index (χ1v) is 10.6. The van der Waals surface area contributed by atoms with E-state index in [9.17, 15) is 23.6 Å². The van der Waals surface area contributed by atoms with Gasteiger partial charge in [-0.1, -0.05) is 24.3 Å². The van der Waals surface area contributed by atoms with Gasteiger partial charge in [0.1, 0.15) is 17.9 Å². The van der Waals surface area contributed by atoms with Crippen molar-refractivity contribution in [3.05, 3.63) is 65.5 Å². The van der Waals surface area contributed by atoms with Gasteiger partial charge >= 0.3 is 0 Å². The van der Waals surface area contributed by atoms with Crippen LogP contribution in [0.15, 0.2) is 48.5 Å². The number of nitrogen functional groups attached to an aromatic ring is 1. The molecule has 0 saturated heterocycles. The lowest BCUT2D eigenvalue weighted by atomic mass is 10.0. The van der Waals surface area contributed by atoms with E-state index in [2.05, 4.69) is 16.0 Å². The number of hydrogen-bond donors (Lipinski definition) is 5. The number of Topliss-reactive ketones (excluding diaryl/α,β-unsaturated/α-hetero) is 1. The number of rotatable bonds is 12. The van der Waals surface area contributed by atoms with Crippen LogP contribution in [0, 0.1) is 11.2 Å². The maximum absolute atomic E-state index is 13.1. The fraction of sp³-hybridized carbons (Fsp3) is 0.292. The van der Waals surface area contributed by atoms with Gasteiger partial charge < -0.3 is 27.1 Å². The summed E-state index contributed by atoms with van der Waals surface area (Å²) in [5.41, 5.74) is 7.64. The van der Waals surface area contributed by atoms with Crippen LogP contribution in [-0.2, 0) is 32.1 Å². The molecule has 0 saturated carbocycles. The van der Waals surface area contributed by atoms with Crippen molar-refractivity contribution in [2.24, 2.45) is 0 Å². The second-order valence-electron chi connectivity index (χ2n) is 7.75. The van der Waals surface area contributed by atoms with Crippen molar-refractivity contribution in [3.63, 3.8) is 0 Å². The minimum Gasteiger partial charge on any atom is -0.399 e. The average Bonchev–Trinajstić information content (AvgIpc) is 2.81. The number of halogens is 1. The molecular formula is C24H28FN5O4. The number of carbonyl (C=O) groups is 4. The predicted molar refractivity (Wildman–Crippen MR) is 125 cm³/mol. The van der Waals surface area contributed by atoms with Crippen LogP contribution in [0.1, 0.15) is 30.9 Å². The van der Waals surface area contributed by atoms with Crippen LogP contribution >= 0.6 is 0 Å². The Hall–Kier alpha value is -4.08. The van der Waals surface area contributed by atoms with Gasteiger partial charge in [0.25, 0.3) is 0 Å². The van der Waals surface area contributed by atoms with E-state index in [0.29, 0.717) is 17.5 Å².